The fourth-order valence-corrected chi connectivity index (χ4v) is 3.57. The van der Waals surface area contributed by atoms with E-state index in [2.05, 4.69) is 0 Å². The zero-order valence-corrected chi connectivity index (χ0v) is 17.8. The normalized spacial score (nSPS) is 12.2. The minimum atomic E-state index is -0.763. The number of fused-ring (bicyclic) bond motifs is 1. The molecule has 3 aromatic rings. The molecule has 0 radical (unpaired) electrons. The van der Waals surface area contributed by atoms with E-state index in [0.717, 1.165) is 17.5 Å². The van der Waals surface area contributed by atoms with Crippen molar-refractivity contribution in [2.75, 3.05) is 0 Å². The summed E-state index contributed by atoms with van der Waals surface area (Å²) >= 11 is 5.67. The summed E-state index contributed by atoms with van der Waals surface area (Å²) in [7, 11) is 0. The third kappa shape index (κ3) is 4.17. The number of aryl methyl sites for hydroxylation is 1. The smallest absolute Gasteiger partial charge is 0.311 e. The summed E-state index contributed by atoms with van der Waals surface area (Å²) in [6.07, 6.45) is 1.14. The van der Waals surface area contributed by atoms with Gasteiger partial charge in [-0.15, -0.1) is 0 Å². The van der Waals surface area contributed by atoms with Crippen LogP contribution in [0.15, 0.2) is 36.4 Å². The molecular weight excluding hydrogens is 389 g/mol. The molecule has 0 fully saturated rings. The van der Waals surface area contributed by atoms with Gasteiger partial charge in [-0.05, 0) is 25.8 Å². The van der Waals surface area contributed by atoms with Gasteiger partial charge < -0.3 is 14.4 Å². The largest absolute Gasteiger partial charge is 0.505 e. The maximum atomic E-state index is 14.2. The number of phenols is 1. The molecule has 0 bridgehead atoms. The number of carbonyl (C=O) groups is 1. The quantitative estimate of drug-likeness (QED) is 0.433. The Morgan fingerprint density at radius 3 is 2.52 bits per heavy atom. The Bertz CT molecular complexity index is 1090. The average molecular weight is 414 g/mol. The Kier molecular flexibility index (Phi) is 6.03. The number of esters is 1. The lowest BCUT2D eigenvalue weighted by Crippen LogP contribution is -2.14. The first-order chi connectivity index (χ1) is 13.7. The van der Waals surface area contributed by atoms with Crippen LogP contribution in [-0.4, -0.2) is 20.6 Å². The second-order valence-electron chi connectivity index (χ2n) is 7.43. The molecule has 2 aromatic carbocycles. The number of hydrogen-bond acceptors (Lipinski definition) is 4. The molecule has 4 nitrogen and oxygen atoms in total. The van der Waals surface area contributed by atoms with E-state index in [4.69, 9.17) is 17.0 Å². The van der Waals surface area contributed by atoms with Crippen molar-refractivity contribution in [3.8, 4) is 11.5 Å². The van der Waals surface area contributed by atoms with Gasteiger partial charge in [0.15, 0.2) is 17.3 Å². The van der Waals surface area contributed by atoms with E-state index in [1.54, 1.807) is 11.5 Å². The van der Waals surface area contributed by atoms with Crippen LogP contribution in [0.5, 0.6) is 11.5 Å². The number of hydrogen-bond donors (Lipinski definition) is 1. The molecule has 0 saturated carbocycles. The van der Waals surface area contributed by atoms with Crippen LogP contribution in [0.1, 0.15) is 43.5 Å². The Morgan fingerprint density at radius 2 is 1.90 bits per heavy atom. The van der Waals surface area contributed by atoms with Gasteiger partial charge in [0.2, 0.25) is 0 Å². The molecule has 29 heavy (non-hydrogen) atoms. The number of ether oxygens (including phenoxy) is 1. The van der Waals surface area contributed by atoms with E-state index in [1.165, 1.54) is 12.1 Å². The number of halogens is 1. The van der Waals surface area contributed by atoms with Crippen molar-refractivity contribution in [2.45, 2.75) is 40.5 Å². The SMILES string of the molecule is CCC(C)CC(=O)Oc1c(C)n(C(=S)c2ccc(C)cc2)c2cc(F)c(O)cc12. The number of thiocarbonyl (C=S) groups is 1. The summed E-state index contributed by atoms with van der Waals surface area (Å²) in [5.74, 6) is -1.16. The fourth-order valence-electron chi connectivity index (χ4n) is 3.20. The molecule has 0 amide bonds. The van der Waals surface area contributed by atoms with E-state index in [-0.39, 0.29) is 24.1 Å². The highest BCUT2D eigenvalue weighted by Crippen LogP contribution is 2.37. The molecule has 0 aliphatic heterocycles. The predicted octanol–water partition coefficient (Wildman–Crippen LogP) is 5.67. The highest BCUT2D eigenvalue weighted by molar-refractivity contribution is 7.80. The fraction of sp³-hybridized carbons (Fsp3) is 0.304. The lowest BCUT2D eigenvalue weighted by molar-refractivity contribution is -0.135. The summed E-state index contributed by atoms with van der Waals surface area (Å²) < 4.78 is 21.5. The third-order valence-corrected chi connectivity index (χ3v) is 5.56. The molecule has 0 saturated heterocycles. The zero-order valence-electron chi connectivity index (χ0n) is 17.0. The first-order valence-corrected chi connectivity index (χ1v) is 9.99. The molecule has 0 aliphatic rings. The Morgan fingerprint density at radius 1 is 1.24 bits per heavy atom. The molecule has 0 spiro atoms. The molecule has 1 aromatic heterocycles. The van der Waals surface area contributed by atoms with E-state index in [9.17, 15) is 14.3 Å². The van der Waals surface area contributed by atoms with Crippen molar-refractivity contribution >= 4 is 34.1 Å². The summed E-state index contributed by atoms with van der Waals surface area (Å²) in [6, 6.07) is 10.2. The van der Waals surface area contributed by atoms with E-state index < -0.39 is 11.6 Å². The highest BCUT2D eigenvalue weighted by Gasteiger charge is 2.23. The molecule has 3 rings (SSSR count). The number of benzene rings is 2. The van der Waals surface area contributed by atoms with Crippen molar-refractivity contribution < 1.29 is 19.0 Å². The van der Waals surface area contributed by atoms with Crippen molar-refractivity contribution in [1.29, 1.82) is 0 Å². The van der Waals surface area contributed by atoms with Crippen LogP contribution in [0.3, 0.4) is 0 Å². The van der Waals surface area contributed by atoms with E-state index in [1.807, 2.05) is 45.0 Å². The Balaban J connectivity index is 2.13. The van der Waals surface area contributed by atoms with Gasteiger partial charge in [-0.25, -0.2) is 4.39 Å². The van der Waals surface area contributed by atoms with Gasteiger partial charge in [0.25, 0.3) is 0 Å². The van der Waals surface area contributed by atoms with Gasteiger partial charge in [-0.1, -0.05) is 62.3 Å². The van der Waals surface area contributed by atoms with Crippen molar-refractivity contribution in [3.63, 3.8) is 0 Å². The molecule has 1 atom stereocenters. The molecule has 1 N–H and O–H groups in total. The van der Waals surface area contributed by atoms with Crippen LogP contribution in [0.4, 0.5) is 4.39 Å². The number of nitrogens with zero attached hydrogens (tertiary/aromatic N) is 1. The van der Waals surface area contributed by atoms with Crippen molar-refractivity contribution in [2.24, 2.45) is 5.92 Å². The molecule has 1 unspecified atom stereocenters. The summed E-state index contributed by atoms with van der Waals surface area (Å²) in [5, 5.41) is 10.3. The lowest BCUT2D eigenvalue weighted by Gasteiger charge is -2.11. The monoisotopic (exact) mass is 413 g/mol. The van der Waals surface area contributed by atoms with Crippen LogP contribution in [0.25, 0.3) is 10.9 Å². The summed E-state index contributed by atoms with van der Waals surface area (Å²) in [5.41, 5.74) is 2.90. The number of aromatic hydroxyl groups is 1. The number of phenolic OH excluding ortho intramolecular Hbond substituents is 1. The number of carbonyl (C=O) groups excluding carboxylic acids is 1. The van der Waals surface area contributed by atoms with Crippen LogP contribution in [-0.2, 0) is 4.79 Å². The molecule has 1 heterocycles. The van der Waals surface area contributed by atoms with Gasteiger partial charge in [0.05, 0.1) is 11.2 Å². The second kappa shape index (κ2) is 8.33. The standard InChI is InChI=1S/C23H24FNO3S/c1-5-13(2)10-21(27)28-22-15(4)25(19-12-18(24)20(26)11-17(19)22)23(29)16-8-6-14(3)7-9-16/h6-9,11-13,26H,5,10H2,1-4H3. The topological polar surface area (TPSA) is 51.5 Å². The van der Waals surface area contributed by atoms with Gasteiger partial charge in [0.1, 0.15) is 4.99 Å². The highest BCUT2D eigenvalue weighted by atomic mass is 32.1. The first-order valence-electron chi connectivity index (χ1n) is 9.58. The second-order valence-corrected chi connectivity index (χ2v) is 7.82. The zero-order chi connectivity index (χ0) is 21.3. The predicted molar refractivity (Wildman–Crippen MR) is 116 cm³/mol. The third-order valence-electron chi connectivity index (χ3n) is 5.14. The first kappa shape index (κ1) is 21.0. The Labute approximate surface area is 174 Å². The van der Waals surface area contributed by atoms with Crippen LogP contribution in [0.2, 0.25) is 0 Å². The summed E-state index contributed by atoms with van der Waals surface area (Å²) in [6.45, 7) is 7.73. The molecular formula is C23H24FNO3S. The molecule has 152 valence electrons. The minimum absolute atomic E-state index is 0.190. The molecule has 0 aliphatic carbocycles. The van der Waals surface area contributed by atoms with E-state index >= 15 is 0 Å². The maximum Gasteiger partial charge on any atom is 0.311 e. The van der Waals surface area contributed by atoms with Gasteiger partial charge in [-0.2, -0.15) is 0 Å². The van der Waals surface area contributed by atoms with Gasteiger partial charge >= 0.3 is 5.97 Å². The van der Waals surface area contributed by atoms with Crippen molar-refractivity contribution in [3.05, 3.63) is 59.0 Å². The van der Waals surface area contributed by atoms with E-state index in [0.29, 0.717) is 21.6 Å². The molecule has 6 heteroatoms. The van der Waals surface area contributed by atoms with Crippen molar-refractivity contribution in [1.82, 2.24) is 4.57 Å². The summed E-state index contributed by atoms with van der Waals surface area (Å²) in [4.78, 5) is 12.9. The van der Waals surface area contributed by atoms with Crippen LogP contribution >= 0.6 is 12.2 Å². The van der Waals surface area contributed by atoms with Gasteiger partial charge in [-0.3, -0.25) is 4.79 Å². The van der Waals surface area contributed by atoms with Crippen LogP contribution < -0.4 is 4.74 Å². The van der Waals surface area contributed by atoms with Crippen LogP contribution in [0, 0.1) is 25.6 Å². The maximum absolute atomic E-state index is 14.2. The minimum Gasteiger partial charge on any atom is -0.505 e. The lowest BCUT2D eigenvalue weighted by atomic mass is 10.1. The number of aromatic nitrogens is 1. The van der Waals surface area contributed by atoms with Gasteiger partial charge in [0, 0.05) is 23.4 Å². The number of rotatable bonds is 5. The average Bonchev–Trinajstić information content (AvgIpc) is 2.93. The Hall–Kier alpha value is -2.73.